The topological polar surface area (TPSA) is 63.2 Å². The van der Waals surface area contributed by atoms with Gasteiger partial charge in [0.2, 0.25) is 0 Å². The first-order valence-electron chi connectivity index (χ1n) is 6.38. The van der Waals surface area contributed by atoms with Gasteiger partial charge in [0.25, 0.3) is 5.91 Å². The maximum atomic E-state index is 12.3. The molecule has 0 saturated carbocycles. The van der Waals surface area contributed by atoms with Gasteiger partial charge < -0.3 is 4.90 Å². The van der Waals surface area contributed by atoms with Crippen LogP contribution in [0.3, 0.4) is 0 Å². The molecule has 0 bridgehead atoms. The maximum Gasteiger partial charge on any atom is 0.282 e. The molecule has 1 amide bonds. The van der Waals surface area contributed by atoms with Gasteiger partial charge in [-0.05, 0) is 12.8 Å². The zero-order chi connectivity index (χ0) is 13.9. The fourth-order valence-corrected chi connectivity index (χ4v) is 3.62. The van der Waals surface area contributed by atoms with Crippen LogP contribution < -0.4 is 0 Å². The Morgan fingerprint density at radius 3 is 2.50 bits per heavy atom. The third-order valence-corrected chi connectivity index (χ3v) is 4.89. The van der Waals surface area contributed by atoms with Gasteiger partial charge in [-0.1, -0.05) is 0 Å². The van der Waals surface area contributed by atoms with Gasteiger partial charge >= 0.3 is 0 Å². The number of ketones is 1. The van der Waals surface area contributed by atoms with E-state index in [9.17, 15) is 9.59 Å². The van der Waals surface area contributed by atoms with Crippen LogP contribution in [0, 0.1) is 5.92 Å². The summed E-state index contributed by atoms with van der Waals surface area (Å²) in [4.78, 5) is 34.4. The minimum atomic E-state index is -0.140. The van der Waals surface area contributed by atoms with Crippen molar-refractivity contribution in [1.82, 2.24) is 14.9 Å². The van der Waals surface area contributed by atoms with Crippen molar-refractivity contribution >= 4 is 34.4 Å². The average molecular weight is 307 g/mol. The van der Waals surface area contributed by atoms with E-state index in [0.717, 1.165) is 12.8 Å². The third-order valence-electron chi connectivity index (χ3n) is 3.34. The largest absolute Gasteiger partial charge is 0.336 e. The molecule has 0 aliphatic carbocycles. The molecule has 1 unspecified atom stereocenters. The van der Waals surface area contributed by atoms with Crippen molar-refractivity contribution in [1.29, 1.82) is 0 Å². The lowest BCUT2D eigenvalue weighted by molar-refractivity contribution is 0.0636. The maximum absolute atomic E-state index is 12.3. The summed E-state index contributed by atoms with van der Waals surface area (Å²) in [5, 5.41) is 4.62. The lowest BCUT2D eigenvalue weighted by Crippen LogP contribution is -2.42. The van der Waals surface area contributed by atoms with Crippen LogP contribution in [0.25, 0.3) is 0 Å². The van der Waals surface area contributed by atoms with Gasteiger partial charge in [-0.3, -0.25) is 9.59 Å². The zero-order valence-corrected chi connectivity index (χ0v) is 12.3. The molecular weight excluding hydrogens is 294 g/mol. The number of nitrogens with zero attached hydrogens (tertiary/aromatic N) is 3. The Morgan fingerprint density at radius 1 is 1.15 bits per heavy atom. The molecule has 20 heavy (non-hydrogen) atoms. The first-order chi connectivity index (χ1) is 9.75. The van der Waals surface area contributed by atoms with Gasteiger partial charge in [0.15, 0.2) is 15.8 Å². The summed E-state index contributed by atoms with van der Waals surface area (Å²) < 4.78 is 0. The number of rotatable bonds is 3. The average Bonchev–Trinajstić information content (AvgIpc) is 3.18. The molecule has 2 aromatic rings. The van der Waals surface area contributed by atoms with E-state index in [1.54, 1.807) is 28.1 Å². The summed E-state index contributed by atoms with van der Waals surface area (Å²) in [7, 11) is 0. The molecule has 0 radical (unpaired) electrons. The Balaban J connectivity index is 1.71. The normalized spacial score (nSPS) is 19.0. The van der Waals surface area contributed by atoms with E-state index in [-0.39, 0.29) is 17.6 Å². The van der Waals surface area contributed by atoms with Crippen LogP contribution in [0.2, 0.25) is 0 Å². The molecule has 7 heteroatoms. The van der Waals surface area contributed by atoms with Gasteiger partial charge in [0.05, 0.1) is 0 Å². The summed E-state index contributed by atoms with van der Waals surface area (Å²) in [6.45, 7) is 1.16. The molecule has 0 spiro atoms. The Bertz CT molecular complexity index is 543. The quantitative estimate of drug-likeness (QED) is 0.817. The van der Waals surface area contributed by atoms with E-state index in [1.807, 2.05) is 0 Å². The first-order valence-corrected chi connectivity index (χ1v) is 8.14. The van der Waals surface area contributed by atoms with Crippen molar-refractivity contribution in [3.05, 3.63) is 33.2 Å². The molecule has 3 rings (SSSR count). The second kappa shape index (κ2) is 5.80. The predicted molar refractivity (Wildman–Crippen MR) is 77.2 cm³/mol. The van der Waals surface area contributed by atoms with E-state index < -0.39 is 0 Å². The Kier molecular flexibility index (Phi) is 3.88. The highest BCUT2D eigenvalue weighted by Gasteiger charge is 2.31. The van der Waals surface area contributed by atoms with Gasteiger partial charge in [-0.25, -0.2) is 9.97 Å². The third kappa shape index (κ3) is 2.64. The summed E-state index contributed by atoms with van der Waals surface area (Å²) >= 11 is 2.69. The standard InChI is InChI=1S/C13H13N3O2S2/c17-10(11-14-3-6-19-11)9-2-1-5-16(8-9)13(18)12-15-4-7-20-12/h3-4,6-7,9H,1-2,5,8H2. The summed E-state index contributed by atoms with van der Waals surface area (Å²) in [6.07, 6.45) is 4.93. The summed E-state index contributed by atoms with van der Waals surface area (Å²) in [6, 6.07) is 0. The highest BCUT2D eigenvalue weighted by Crippen LogP contribution is 2.23. The molecule has 104 valence electrons. The number of amides is 1. The number of Topliss-reactive ketones (excluding diaryl/α,β-unsaturated/α-hetero) is 1. The molecule has 2 aromatic heterocycles. The molecular formula is C13H13N3O2S2. The zero-order valence-electron chi connectivity index (χ0n) is 10.7. The highest BCUT2D eigenvalue weighted by molar-refractivity contribution is 7.11. The van der Waals surface area contributed by atoms with E-state index in [4.69, 9.17) is 0 Å². The summed E-state index contributed by atoms with van der Waals surface area (Å²) in [5.74, 6) is -0.160. The number of aromatic nitrogens is 2. The van der Waals surface area contributed by atoms with Gasteiger partial charge in [-0.2, -0.15) is 0 Å². The number of carbonyl (C=O) groups is 2. The minimum Gasteiger partial charge on any atom is -0.336 e. The van der Waals surface area contributed by atoms with Crippen molar-refractivity contribution in [2.24, 2.45) is 5.92 Å². The van der Waals surface area contributed by atoms with Crippen molar-refractivity contribution in [2.45, 2.75) is 12.8 Å². The monoisotopic (exact) mass is 307 g/mol. The van der Waals surface area contributed by atoms with Crippen LogP contribution in [0.15, 0.2) is 23.2 Å². The van der Waals surface area contributed by atoms with Crippen LogP contribution in [-0.2, 0) is 0 Å². The Morgan fingerprint density at radius 2 is 1.85 bits per heavy atom. The van der Waals surface area contributed by atoms with Crippen LogP contribution >= 0.6 is 22.7 Å². The smallest absolute Gasteiger partial charge is 0.282 e. The van der Waals surface area contributed by atoms with Crippen molar-refractivity contribution < 1.29 is 9.59 Å². The van der Waals surface area contributed by atoms with Crippen LogP contribution in [0.4, 0.5) is 0 Å². The van der Waals surface area contributed by atoms with Crippen molar-refractivity contribution in [3.8, 4) is 0 Å². The lowest BCUT2D eigenvalue weighted by Gasteiger charge is -2.31. The second-order valence-electron chi connectivity index (χ2n) is 4.63. The highest BCUT2D eigenvalue weighted by atomic mass is 32.1. The van der Waals surface area contributed by atoms with Crippen LogP contribution in [0.5, 0.6) is 0 Å². The Hall–Kier alpha value is -1.60. The van der Waals surface area contributed by atoms with Crippen LogP contribution in [-0.4, -0.2) is 39.6 Å². The van der Waals surface area contributed by atoms with Gasteiger partial charge in [0, 0.05) is 42.2 Å². The van der Waals surface area contributed by atoms with Crippen LogP contribution in [0.1, 0.15) is 32.4 Å². The SMILES string of the molecule is O=C(c1nccs1)C1CCCN(C(=O)c2nccs2)C1. The van der Waals surface area contributed by atoms with E-state index in [1.165, 1.54) is 22.7 Å². The molecule has 1 fully saturated rings. The van der Waals surface area contributed by atoms with Crippen molar-refractivity contribution in [2.75, 3.05) is 13.1 Å². The second-order valence-corrected chi connectivity index (χ2v) is 6.42. The van der Waals surface area contributed by atoms with E-state index >= 15 is 0 Å². The molecule has 1 atom stereocenters. The van der Waals surface area contributed by atoms with Gasteiger partial charge in [0.1, 0.15) is 0 Å². The predicted octanol–water partition coefficient (Wildman–Crippen LogP) is 2.33. The summed E-state index contributed by atoms with van der Waals surface area (Å²) in [5.41, 5.74) is 0. The van der Waals surface area contributed by atoms with Gasteiger partial charge in [-0.15, -0.1) is 22.7 Å². The molecule has 0 N–H and O–H groups in total. The lowest BCUT2D eigenvalue weighted by atomic mass is 9.94. The fraction of sp³-hybridized carbons (Fsp3) is 0.385. The van der Waals surface area contributed by atoms with E-state index in [2.05, 4.69) is 9.97 Å². The molecule has 3 heterocycles. The number of likely N-dealkylation sites (tertiary alicyclic amines) is 1. The molecule has 1 aliphatic rings. The molecule has 1 saturated heterocycles. The number of carbonyl (C=O) groups excluding carboxylic acids is 2. The first kappa shape index (κ1) is 13.4. The minimum absolute atomic E-state index is 0.0524. The number of hydrogen-bond donors (Lipinski definition) is 0. The van der Waals surface area contributed by atoms with Crippen molar-refractivity contribution in [3.63, 3.8) is 0 Å². The molecule has 1 aliphatic heterocycles. The fourth-order valence-electron chi connectivity index (χ4n) is 2.36. The van der Waals surface area contributed by atoms with E-state index in [0.29, 0.717) is 23.1 Å². The Labute approximate surface area is 124 Å². The number of thiazole rings is 2. The number of piperidine rings is 1. The molecule has 0 aromatic carbocycles. The number of hydrogen-bond acceptors (Lipinski definition) is 6. The molecule has 5 nitrogen and oxygen atoms in total.